The Hall–Kier alpha value is -2.00. The molecule has 1 aromatic carbocycles. The van der Waals surface area contributed by atoms with Gasteiger partial charge in [-0.05, 0) is 24.6 Å². The van der Waals surface area contributed by atoms with Crippen LogP contribution in [0.2, 0.25) is 0 Å². The number of benzene rings is 1. The Kier molecular flexibility index (Phi) is 3.30. The van der Waals surface area contributed by atoms with Crippen LogP contribution in [0.25, 0.3) is 0 Å². The standard InChI is InChI=1S/C14H14N2O/c1-10-7-8-12(9-16-10)14(17)13(15)11-5-3-2-4-6-11/h2-9,13H,15H2,1H3/t13-/m1/s1. The maximum Gasteiger partial charge on any atom is 0.185 e. The van der Waals surface area contributed by atoms with Crippen molar-refractivity contribution in [2.24, 2.45) is 5.73 Å². The van der Waals surface area contributed by atoms with E-state index in [9.17, 15) is 4.79 Å². The number of nitrogens with zero attached hydrogens (tertiary/aromatic N) is 1. The smallest absolute Gasteiger partial charge is 0.185 e. The Morgan fingerprint density at radius 2 is 1.88 bits per heavy atom. The van der Waals surface area contributed by atoms with Gasteiger partial charge in [0.2, 0.25) is 0 Å². The van der Waals surface area contributed by atoms with Crippen LogP contribution in [0.5, 0.6) is 0 Å². The Bertz CT molecular complexity index is 506. The topological polar surface area (TPSA) is 56.0 Å². The Balaban J connectivity index is 2.23. The van der Waals surface area contributed by atoms with E-state index in [2.05, 4.69) is 4.98 Å². The van der Waals surface area contributed by atoms with Crippen molar-refractivity contribution < 1.29 is 4.79 Å². The molecule has 2 rings (SSSR count). The summed E-state index contributed by atoms with van der Waals surface area (Å²) in [5, 5.41) is 0. The molecule has 1 heterocycles. The molecular weight excluding hydrogens is 212 g/mol. The molecule has 0 saturated carbocycles. The highest BCUT2D eigenvalue weighted by atomic mass is 16.1. The predicted molar refractivity (Wildman–Crippen MR) is 66.7 cm³/mol. The number of carbonyl (C=O) groups is 1. The number of ketones is 1. The minimum Gasteiger partial charge on any atom is -0.318 e. The zero-order chi connectivity index (χ0) is 12.3. The fourth-order valence-electron chi connectivity index (χ4n) is 1.60. The van der Waals surface area contributed by atoms with Crippen molar-refractivity contribution in [1.29, 1.82) is 0 Å². The summed E-state index contributed by atoms with van der Waals surface area (Å²) in [6, 6.07) is 12.3. The van der Waals surface area contributed by atoms with Gasteiger partial charge in [0.25, 0.3) is 0 Å². The van der Waals surface area contributed by atoms with Gasteiger partial charge >= 0.3 is 0 Å². The van der Waals surface area contributed by atoms with Crippen molar-refractivity contribution >= 4 is 5.78 Å². The second-order valence-corrected chi connectivity index (χ2v) is 3.94. The number of hydrogen-bond acceptors (Lipinski definition) is 3. The summed E-state index contributed by atoms with van der Waals surface area (Å²) in [7, 11) is 0. The number of aryl methyl sites for hydroxylation is 1. The van der Waals surface area contributed by atoms with Gasteiger partial charge in [-0.15, -0.1) is 0 Å². The molecule has 0 aliphatic heterocycles. The molecular formula is C14H14N2O. The van der Waals surface area contributed by atoms with Gasteiger partial charge in [0.15, 0.2) is 5.78 Å². The van der Waals surface area contributed by atoms with Crippen LogP contribution >= 0.6 is 0 Å². The third-order valence-corrected chi connectivity index (χ3v) is 2.64. The van der Waals surface area contributed by atoms with Crippen LogP contribution in [0.3, 0.4) is 0 Å². The number of nitrogens with two attached hydrogens (primary N) is 1. The Morgan fingerprint density at radius 3 is 2.47 bits per heavy atom. The fourth-order valence-corrected chi connectivity index (χ4v) is 1.60. The summed E-state index contributed by atoms with van der Waals surface area (Å²) in [5.41, 5.74) is 8.18. The first kappa shape index (κ1) is 11.5. The van der Waals surface area contributed by atoms with Crippen molar-refractivity contribution in [3.05, 3.63) is 65.5 Å². The van der Waals surface area contributed by atoms with Gasteiger partial charge in [0.05, 0.1) is 6.04 Å². The minimum atomic E-state index is -0.624. The van der Waals surface area contributed by atoms with Crippen molar-refractivity contribution in [2.45, 2.75) is 13.0 Å². The summed E-state index contributed by atoms with van der Waals surface area (Å²) in [6.07, 6.45) is 1.57. The molecule has 86 valence electrons. The average molecular weight is 226 g/mol. The molecule has 0 saturated heterocycles. The van der Waals surface area contributed by atoms with E-state index in [4.69, 9.17) is 5.73 Å². The number of aromatic nitrogens is 1. The maximum atomic E-state index is 12.1. The average Bonchev–Trinajstić information content (AvgIpc) is 2.39. The molecule has 0 spiro atoms. The van der Waals surface area contributed by atoms with Gasteiger partial charge < -0.3 is 5.73 Å². The molecule has 2 aromatic rings. The van der Waals surface area contributed by atoms with Crippen LogP contribution in [0, 0.1) is 6.92 Å². The maximum absolute atomic E-state index is 12.1. The number of carbonyl (C=O) groups excluding carboxylic acids is 1. The highest BCUT2D eigenvalue weighted by Gasteiger charge is 2.17. The molecule has 0 unspecified atom stereocenters. The largest absolute Gasteiger partial charge is 0.318 e. The Labute approximate surface area is 100 Å². The Morgan fingerprint density at radius 1 is 1.18 bits per heavy atom. The lowest BCUT2D eigenvalue weighted by molar-refractivity contribution is 0.0961. The van der Waals surface area contributed by atoms with Gasteiger partial charge in [0, 0.05) is 17.5 Å². The zero-order valence-electron chi connectivity index (χ0n) is 9.63. The highest BCUT2D eigenvalue weighted by molar-refractivity contribution is 6.00. The number of pyridine rings is 1. The van der Waals surface area contributed by atoms with Crippen LogP contribution in [-0.4, -0.2) is 10.8 Å². The molecule has 0 aliphatic carbocycles. The lowest BCUT2D eigenvalue weighted by Crippen LogP contribution is -2.21. The van der Waals surface area contributed by atoms with E-state index in [0.717, 1.165) is 11.3 Å². The van der Waals surface area contributed by atoms with Gasteiger partial charge in [-0.3, -0.25) is 9.78 Å². The van der Waals surface area contributed by atoms with Crippen LogP contribution in [0.4, 0.5) is 0 Å². The molecule has 0 aliphatic rings. The summed E-state index contributed by atoms with van der Waals surface area (Å²) in [4.78, 5) is 16.2. The lowest BCUT2D eigenvalue weighted by Gasteiger charge is -2.10. The van der Waals surface area contributed by atoms with E-state index in [-0.39, 0.29) is 5.78 Å². The molecule has 0 radical (unpaired) electrons. The van der Waals surface area contributed by atoms with Gasteiger partial charge in [-0.1, -0.05) is 30.3 Å². The second kappa shape index (κ2) is 4.89. The SMILES string of the molecule is Cc1ccc(C(=O)[C@H](N)c2ccccc2)cn1. The van der Waals surface area contributed by atoms with E-state index >= 15 is 0 Å². The molecule has 3 heteroatoms. The molecule has 3 nitrogen and oxygen atoms in total. The van der Waals surface area contributed by atoms with E-state index in [1.165, 1.54) is 0 Å². The van der Waals surface area contributed by atoms with Crippen molar-refractivity contribution in [2.75, 3.05) is 0 Å². The van der Waals surface area contributed by atoms with Crippen LogP contribution in [-0.2, 0) is 0 Å². The van der Waals surface area contributed by atoms with Crippen LogP contribution in [0.1, 0.15) is 27.7 Å². The first-order valence-corrected chi connectivity index (χ1v) is 5.46. The molecule has 1 aromatic heterocycles. The molecule has 0 amide bonds. The number of Topliss-reactive ketones (excluding diaryl/α,β-unsaturated/α-hetero) is 1. The molecule has 0 fully saturated rings. The molecule has 0 bridgehead atoms. The third-order valence-electron chi connectivity index (χ3n) is 2.64. The predicted octanol–water partition coefficient (Wildman–Crippen LogP) is 2.27. The van der Waals surface area contributed by atoms with Gasteiger partial charge in [-0.2, -0.15) is 0 Å². The summed E-state index contributed by atoms with van der Waals surface area (Å²) in [5.74, 6) is -0.108. The summed E-state index contributed by atoms with van der Waals surface area (Å²) >= 11 is 0. The second-order valence-electron chi connectivity index (χ2n) is 3.94. The lowest BCUT2D eigenvalue weighted by atomic mass is 9.99. The van der Waals surface area contributed by atoms with E-state index in [0.29, 0.717) is 5.56 Å². The number of hydrogen-bond donors (Lipinski definition) is 1. The van der Waals surface area contributed by atoms with Crippen molar-refractivity contribution in [1.82, 2.24) is 4.98 Å². The monoisotopic (exact) mass is 226 g/mol. The van der Waals surface area contributed by atoms with Gasteiger partial charge in [-0.25, -0.2) is 0 Å². The van der Waals surface area contributed by atoms with Crippen molar-refractivity contribution in [3.63, 3.8) is 0 Å². The minimum absolute atomic E-state index is 0.108. The summed E-state index contributed by atoms with van der Waals surface area (Å²) in [6.45, 7) is 1.88. The van der Waals surface area contributed by atoms with E-state index in [1.54, 1.807) is 12.3 Å². The fraction of sp³-hybridized carbons (Fsp3) is 0.143. The first-order chi connectivity index (χ1) is 8.18. The molecule has 17 heavy (non-hydrogen) atoms. The summed E-state index contributed by atoms with van der Waals surface area (Å²) < 4.78 is 0. The zero-order valence-corrected chi connectivity index (χ0v) is 9.63. The molecule has 1 atom stereocenters. The molecule has 2 N–H and O–H groups in total. The van der Waals surface area contributed by atoms with Gasteiger partial charge in [0.1, 0.15) is 0 Å². The highest BCUT2D eigenvalue weighted by Crippen LogP contribution is 2.15. The van der Waals surface area contributed by atoms with E-state index in [1.807, 2.05) is 43.3 Å². The first-order valence-electron chi connectivity index (χ1n) is 5.46. The van der Waals surface area contributed by atoms with Crippen LogP contribution in [0.15, 0.2) is 48.7 Å². The van der Waals surface area contributed by atoms with Crippen molar-refractivity contribution in [3.8, 4) is 0 Å². The third kappa shape index (κ3) is 2.57. The number of rotatable bonds is 3. The normalized spacial score (nSPS) is 12.1. The quantitative estimate of drug-likeness (QED) is 0.817. The van der Waals surface area contributed by atoms with Crippen LogP contribution < -0.4 is 5.73 Å². The van der Waals surface area contributed by atoms with E-state index < -0.39 is 6.04 Å².